The molecular formula is C9H7ClO3. The fourth-order valence-electron chi connectivity index (χ4n) is 1.22. The van der Waals surface area contributed by atoms with Gasteiger partial charge in [0.15, 0.2) is 6.10 Å². The number of hydrogen-bond acceptors (Lipinski definition) is 3. The molecule has 13 heavy (non-hydrogen) atoms. The van der Waals surface area contributed by atoms with Gasteiger partial charge in [0.2, 0.25) is 0 Å². The van der Waals surface area contributed by atoms with Gasteiger partial charge >= 0.3 is 6.16 Å². The third-order valence-electron chi connectivity index (χ3n) is 1.84. The first-order chi connectivity index (χ1) is 6.27. The fourth-order valence-corrected chi connectivity index (χ4v) is 1.47. The van der Waals surface area contributed by atoms with Gasteiger partial charge in [-0.1, -0.05) is 29.8 Å². The molecule has 0 bridgehead atoms. The Balaban J connectivity index is 2.26. The van der Waals surface area contributed by atoms with Crippen LogP contribution in [0.2, 0.25) is 5.02 Å². The standard InChI is InChI=1S/C9H7ClO3/c10-7-4-2-1-3-6(7)8-5-12-9(11)13-8/h1-4,8H,5H2. The summed E-state index contributed by atoms with van der Waals surface area (Å²) in [5, 5.41) is 0.589. The number of rotatable bonds is 1. The predicted octanol–water partition coefficient (Wildman–Crippen LogP) is 2.55. The lowest BCUT2D eigenvalue weighted by molar-refractivity contribution is 0.118. The number of carbonyl (C=O) groups is 1. The number of benzene rings is 1. The average Bonchev–Trinajstić information content (AvgIpc) is 2.53. The quantitative estimate of drug-likeness (QED) is 0.651. The van der Waals surface area contributed by atoms with E-state index in [1.165, 1.54) is 0 Å². The minimum Gasteiger partial charge on any atom is -0.430 e. The largest absolute Gasteiger partial charge is 0.509 e. The summed E-state index contributed by atoms with van der Waals surface area (Å²) in [6, 6.07) is 7.23. The highest BCUT2D eigenvalue weighted by Crippen LogP contribution is 2.29. The van der Waals surface area contributed by atoms with Crippen LogP contribution in [0.1, 0.15) is 11.7 Å². The van der Waals surface area contributed by atoms with E-state index in [1.807, 2.05) is 18.2 Å². The number of cyclic esters (lactones) is 2. The van der Waals surface area contributed by atoms with E-state index in [0.717, 1.165) is 5.56 Å². The summed E-state index contributed by atoms with van der Waals surface area (Å²) < 4.78 is 9.54. The van der Waals surface area contributed by atoms with Crippen LogP contribution in [0.4, 0.5) is 4.79 Å². The Morgan fingerprint density at radius 2 is 2.15 bits per heavy atom. The topological polar surface area (TPSA) is 35.5 Å². The SMILES string of the molecule is O=C1OCC(c2ccccc2Cl)O1. The van der Waals surface area contributed by atoms with E-state index >= 15 is 0 Å². The van der Waals surface area contributed by atoms with Crippen LogP contribution in [0, 0.1) is 0 Å². The van der Waals surface area contributed by atoms with Gasteiger partial charge in [0, 0.05) is 10.6 Å². The van der Waals surface area contributed by atoms with Gasteiger partial charge in [-0.3, -0.25) is 0 Å². The highest BCUT2D eigenvalue weighted by atomic mass is 35.5. The Morgan fingerprint density at radius 3 is 2.77 bits per heavy atom. The fraction of sp³-hybridized carbons (Fsp3) is 0.222. The third kappa shape index (κ3) is 1.60. The number of ether oxygens (including phenoxy) is 2. The predicted molar refractivity (Wildman–Crippen MR) is 46.6 cm³/mol. The molecule has 1 aromatic carbocycles. The maximum Gasteiger partial charge on any atom is 0.509 e. The van der Waals surface area contributed by atoms with E-state index in [-0.39, 0.29) is 12.7 Å². The van der Waals surface area contributed by atoms with Crippen LogP contribution >= 0.6 is 11.6 Å². The van der Waals surface area contributed by atoms with Gasteiger partial charge in [0.25, 0.3) is 0 Å². The Kier molecular flexibility index (Phi) is 2.10. The van der Waals surface area contributed by atoms with Crippen LogP contribution < -0.4 is 0 Å². The molecular weight excluding hydrogens is 192 g/mol. The Bertz CT molecular complexity index is 337. The highest BCUT2D eigenvalue weighted by Gasteiger charge is 2.27. The molecule has 1 saturated heterocycles. The maximum atomic E-state index is 10.7. The number of hydrogen-bond donors (Lipinski definition) is 0. The summed E-state index contributed by atoms with van der Waals surface area (Å²) in [5.41, 5.74) is 0.787. The number of halogens is 1. The first kappa shape index (κ1) is 8.38. The van der Waals surface area contributed by atoms with Crippen LogP contribution in [0.15, 0.2) is 24.3 Å². The van der Waals surface area contributed by atoms with Crippen molar-refractivity contribution < 1.29 is 14.3 Å². The summed E-state index contributed by atoms with van der Waals surface area (Å²) in [5.74, 6) is 0. The lowest BCUT2D eigenvalue weighted by atomic mass is 10.1. The molecule has 1 fully saturated rings. The molecule has 0 amide bonds. The second-order valence-corrected chi connectivity index (χ2v) is 3.10. The van der Waals surface area contributed by atoms with Crippen molar-refractivity contribution in [3.05, 3.63) is 34.9 Å². The van der Waals surface area contributed by atoms with E-state index in [9.17, 15) is 4.79 Å². The average molecular weight is 199 g/mol. The molecule has 1 aliphatic heterocycles. The molecule has 4 heteroatoms. The minimum absolute atomic E-state index is 0.239. The van der Waals surface area contributed by atoms with Crippen molar-refractivity contribution in [1.29, 1.82) is 0 Å². The summed E-state index contributed by atoms with van der Waals surface area (Å²) in [6.45, 7) is 0.239. The van der Waals surface area contributed by atoms with E-state index < -0.39 is 6.16 Å². The Hall–Kier alpha value is -1.22. The third-order valence-corrected chi connectivity index (χ3v) is 2.19. The zero-order valence-corrected chi connectivity index (χ0v) is 7.45. The molecule has 0 aromatic heterocycles. The summed E-state index contributed by atoms with van der Waals surface area (Å²) in [6.07, 6.45) is -0.994. The van der Waals surface area contributed by atoms with E-state index in [2.05, 4.69) is 4.74 Å². The normalized spacial score (nSPS) is 21.0. The van der Waals surface area contributed by atoms with E-state index in [4.69, 9.17) is 16.3 Å². The zero-order valence-electron chi connectivity index (χ0n) is 6.70. The molecule has 0 radical (unpaired) electrons. The minimum atomic E-state index is -0.634. The molecule has 0 saturated carbocycles. The van der Waals surface area contributed by atoms with Crippen LogP contribution in [0.25, 0.3) is 0 Å². The lowest BCUT2D eigenvalue weighted by Gasteiger charge is -2.07. The molecule has 2 rings (SSSR count). The monoisotopic (exact) mass is 198 g/mol. The molecule has 0 aliphatic carbocycles. The van der Waals surface area contributed by atoms with Crippen molar-refractivity contribution in [1.82, 2.24) is 0 Å². The molecule has 1 aliphatic rings. The Labute approximate surface area is 80.2 Å². The van der Waals surface area contributed by atoms with Crippen molar-refractivity contribution in [3.8, 4) is 0 Å². The van der Waals surface area contributed by atoms with Crippen LogP contribution in [-0.2, 0) is 9.47 Å². The molecule has 1 aromatic rings. The van der Waals surface area contributed by atoms with Crippen molar-refractivity contribution in [2.75, 3.05) is 6.61 Å². The smallest absolute Gasteiger partial charge is 0.430 e. The van der Waals surface area contributed by atoms with E-state index in [0.29, 0.717) is 5.02 Å². The molecule has 1 heterocycles. The van der Waals surface area contributed by atoms with Gasteiger partial charge in [-0.2, -0.15) is 0 Å². The molecule has 1 unspecified atom stereocenters. The van der Waals surface area contributed by atoms with Crippen LogP contribution in [0.5, 0.6) is 0 Å². The van der Waals surface area contributed by atoms with Gasteiger partial charge in [-0.05, 0) is 6.07 Å². The summed E-state index contributed by atoms with van der Waals surface area (Å²) in [7, 11) is 0. The van der Waals surface area contributed by atoms with Crippen LogP contribution in [-0.4, -0.2) is 12.8 Å². The maximum absolute atomic E-state index is 10.7. The van der Waals surface area contributed by atoms with Gasteiger partial charge in [-0.15, -0.1) is 0 Å². The van der Waals surface area contributed by atoms with Crippen molar-refractivity contribution >= 4 is 17.8 Å². The van der Waals surface area contributed by atoms with Crippen molar-refractivity contribution in [3.63, 3.8) is 0 Å². The first-order valence-electron chi connectivity index (χ1n) is 3.85. The lowest BCUT2D eigenvalue weighted by Crippen LogP contribution is -2.00. The van der Waals surface area contributed by atoms with Gasteiger partial charge in [-0.25, -0.2) is 4.79 Å². The summed E-state index contributed by atoms with van der Waals surface area (Å²) in [4.78, 5) is 10.7. The molecule has 0 N–H and O–H groups in total. The molecule has 68 valence electrons. The Morgan fingerprint density at radius 1 is 1.38 bits per heavy atom. The summed E-state index contributed by atoms with van der Waals surface area (Å²) >= 11 is 5.91. The van der Waals surface area contributed by atoms with Gasteiger partial charge < -0.3 is 9.47 Å². The number of carbonyl (C=O) groups excluding carboxylic acids is 1. The van der Waals surface area contributed by atoms with Crippen molar-refractivity contribution in [2.24, 2.45) is 0 Å². The molecule has 3 nitrogen and oxygen atoms in total. The van der Waals surface area contributed by atoms with Gasteiger partial charge in [0.05, 0.1) is 0 Å². The first-order valence-corrected chi connectivity index (χ1v) is 4.23. The van der Waals surface area contributed by atoms with Gasteiger partial charge in [0.1, 0.15) is 6.61 Å². The highest BCUT2D eigenvalue weighted by molar-refractivity contribution is 6.31. The second-order valence-electron chi connectivity index (χ2n) is 2.69. The van der Waals surface area contributed by atoms with Crippen LogP contribution in [0.3, 0.4) is 0 Å². The van der Waals surface area contributed by atoms with Crippen molar-refractivity contribution in [2.45, 2.75) is 6.10 Å². The molecule has 0 spiro atoms. The van der Waals surface area contributed by atoms with E-state index in [1.54, 1.807) is 6.07 Å². The molecule has 1 atom stereocenters. The zero-order chi connectivity index (χ0) is 9.26. The second kappa shape index (κ2) is 3.26.